The molecule has 1 rings (SSSR count). The van der Waals surface area contributed by atoms with Crippen molar-refractivity contribution in [3.05, 3.63) is 48.6 Å². The van der Waals surface area contributed by atoms with Crippen molar-refractivity contribution in [3.8, 4) is 0 Å². The fourth-order valence-corrected chi connectivity index (χ4v) is 9.94. The number of aliphatic hydroxyl groups is 7. The Labute approximate surface area is 459 Å². The zero-order chi connectivity index (χ0) is 54.7. The Morgan fingerprint density at radius 3 is 1.19 bits per heavy atom. The first-order valence-electron chi connectivity index (χ1n) is 31.5. The van der Waals surface area contributed by atoms with Gasteiger partial charge in [-0.05, 0) is 89.9 Å². The number of carbonyl (C=O) groups is 1. The van der Waals surface area contributed by atoms with Crippen molar-refractivity contribution in [2.75, 3.05) is 13.2 Å². The molecule has 1 saturated heterocycles. The molecule has 1 aliphatic heterocycles. The van der Waals surface area contributed by atoms with E-state index in [0.29, 0.717) is 19.3 Å². The number of carbonyl (C=O) groups excluding carboxylic acids is 1. The Morgan fingerprint density at radius 1 is 0.453 bits per heavy atom. The molecule has 9 unspecified atom stereocenters. The maximum atomic E-state index is 13.2. The SMILES string of the molecule is CCCCCCCCCCCCCC/C=C\CCCCCCCCC(O)C(=O)NC(COC1OC(CO)C(O)C(O)C1O)C(O)C(O)CCC/C=C/CC/C=C/CC/C=C/CCCCCCCCCCCCCCC. The van der Waals surface area contributed by atoms with Crippen LogP contribution in [0.2, 0.25) is 0 Å². The Balaban J connectivity index is 2.32. The molecule has 1 fully saturated rings. The van der Waals surface area contributed by atoms with Crippen molar-refractivity contribution in [2.45, 2.75) is 339 Å². The standard InChI is InChI=1S/C64H119NO10/c1-3-5-7-9-11-13-15-17-19-21-23-25-27-28-29-30-32-33-35-37-39-41-43-45-47-49-51-56(67)59(69)55(54-74-64-62(72)61(71)60(70)58(53-66)75-64)65-63(73)57(68)52-50-48-46-44-42-40-38-36-34-31-26-24-22-20-18-16-14-12-10-8-6-4-2/h29-30,34-37,43,45,55-62,64,66-72H,3-28,31-33,38-42,44,46-54H2,1-2H3,(H,65,73)/b30-29+,36-34-,37-35+,45-43+. The number of rotatable bonds is 54. The number of hydrogen-bond donors (Lipinski definition) is 8. The van der Waals surface area contributed by atoms with Crippen molar-refractivity contribution in [1.82, 2.24) is 5.32 Å². The molecule has 0 aliphatic carbocycles. The minimum atomic E-state index is -1.68. The molecule has 1 amide bonds. The van der Waals surface area contributed by atoms with Gasteiger partial charge in [-0.3, -0.25) is 4.79 Å². The van der Waals surface area contributed by atoms with Crippen molar-refractivity contribution in [2.24, 2.45) is 0 Å². The summed E-state index contributed by atoms with van der Waals surface area (Å²) in [4.78, 5) is 13.2. The van der Waals surface area contributed by atoms with E-state index >= 15 is 0 Å². The molecule has 0 bridgehead atoms. The lowest BCUT2D eigenvalue weighted by Crippen LogP contribution is -2.60. The third-order valence-corrected chi connectivity index (χ3v) is 15.1. The van der Waals surface area contributed by atoms with Gasteiger partial charge in [-0.25, -0.2) is 0 Å². The van der Waals surface area contributed by atoms with Gasteiger partial charge in [0, 0.05) is 0 Å². The molecule has 11 heteroatoms. The van der Waals surface area contributed by atoms with Gasteiger partial charge in [0.25, 0.3) is 0 Å². The first-order valence-corrected chi connectivity index (χ1v) is 31.5. The molecule has 0 spiro atoms. The summed E-state index contributed by atoms with van der Waals surface area (Å²) < 4.78 is 11.1. The van der Waals surface area contributed by atoms with E-state index in [1.54, 1.807) is 0 Å². The first kappa shape index (κ1) is 71.1. The van der Waals surface area contributed by atoms with Gasteiger partial charge in [0.1, 0.15) is 36.6 Å². The second-order valence-corrected chi connectivity index (χ2v) is 22.1. The molecule has 1 heterocycles. The average Bonchev–Trinajstić information content (AvgIpc) is 3.41. The Morgan fingerprint density at radius 2 is 0.800 bits per heavy atom. The number of aliphatic hydroxyl groups excluding tert-OH is 7. The van der Waals surface area contributed by atoms with E-state index in [4.69, 9.17) is 9.47 Å². The van der Waals surface area contributed by atoms with Crippen molar-refractivity contribution >= 4 is 5.91 Å². The van der Waals surface area contributed by atoms with E-state index in [9.17, 15) is 40.5 Å². The Kier molecular flexibility index (Phi) is 50.0. The highest BCUT2D eigenvalue weighted by Crippen LogP contribution is 2.23. The first-order chi connectivity index (χ1) is 36.7. The van der Waals surface area contributed by atoms with Crippen LogP contribution in [0.1, 0.15) is 284 Å². The van der Waals surface area contributed by atoms with Gasteiger partial charge in [0.05, 0.1) is 25.4 Å². The predicted molar refractivity (Wildman–Crippen MR) is 311 cm³/mol. The molecule has 1 aliphatic rings. The Bertz CT molecular complexity index is 1360. The normalized spacial score (nSPS) is 20.0. The average molecular weight is 1060 g/mol. The fourth-order valence-electron chi connectivity index (χ4n) is 9.94. The number of nitrogens with one attached hydrogen (secondary N) is 1. The largest absolute Gasteiger partial charge is 0.394 e. The molecule has 11 nitrogen and oxygen atoms in total. The molecule has 8 N–H and O–H groups in total. The predicted octanol–water partition coefficient (Wildman–Crippen LogP) is 14.0. The van der Waals surface area contributed by atoms with Gasteiger partial charge >= 0.3 is 0 Å². The third-order valence-electron chi connectivity index (χ3n) is 15.1. The minimum absolute atomic E-state index is 0.239. The highest BCUT2D eigenvalue weighted by molar-refractivity contribution is 5.80. The van der Waals surface area contributed by atoms with Crippen LogP contribution in [0.4, 0.5) is 0 Å². The monoisotopic (exact) mass is 1060 g/mol. The molecule has 440 valence electrons. The van der Waals surface area contributed by atoms with Crippen LogP contribution in [0.25, 0.3) is 0 Å². The van der Waals surface area contributed by atoms with Crippen LogP contribution in [0.15, 0.2) is 48.6 Å². The van der Waals surface area contributed by atoms with E-state index < -0.39 is 74.2 Å². The maximum Gasteiger partial charge on any atom is 0.249 e. The second-order valence-electron chi connectivity index (χ2n) is 22.1. The van der Waals surface area contributed by atoms with Crippen LogP contribution in [0, 0.1) is 0 Å². The minimum Gasteiger partial charge on any atom is -0.394 e. The van der Waals surface area contributed by atoms with E-state index in [1.165, 1.54) is 173 Å². The second kappa shape index (κ2) is 52.8. The summed E-state index contributed by atoms with van der Waals surface area (Å²) in [5.41, 5.74) is 0. The number of ether oxygens (including phenoxy) is 2. The number of hydrogen-bond acceptors (Lipinski definition) is 10. The summed E-state index contributed by atoms with van der Waals surface area (Å²) >= 11 is 0. The lowest BCUT2D eigenvalue weighted by molar-refractivity contribution is -0.303. The summed E-state index contributed by atoms with van der Waals surface area (Å²) in [5.74, 6) is -0.715. The maximum absolute atomic E-state index is 13.2. The summed E-state index contributed by atoms with van der Waals surface area (Å²) in [6.07, 6.45) is 56.0. The van der Waals surface area contributed by atoms with Crippen LogP contribution >= 0.6 is 0 Å². The molecule has 9 atom stereocenters. The van der Waals surface area contributed by atoms with Crippen LogP contribution in [-0.4, -0.2) is 110 Å². The molecular weight excluding hydrogens is 943 g/mol. The smallest absolute Gasteiger partial charge is 0.249 e. The molecule has 0 aromatic rings. The van der Waals surface area contributed by atoms with Crippen molar-refractivity contribution in [3.63, 3.8) is 0 Å². The highest BCUT2D eigenvalue weighted by atomic mass is 16.7. The summed E-state index contributed by atoms with van der Waals surface area (Å²) in [7, 11) is 0. The highest BCUT2D eigenvalue weighted by Gasteiger charge is 2.44. The van der Waals surface area contributed by atoms with E-state index in [0.717, 1.165) is 64.2 Å². The molecule has 75 heavy (non-hydrogen) atoms. The van der Waals surface area contributed by atoms with E-state index in [-0.39, 0.29) is 12.8 Å². The zero-order valence-corrected chi connectivity index (χ0v) is 48.3. The summed E-state index contributed by atoms with van der Waals surface area (Å²) in [5, 5.41) is 76.2. The quantitative estimate of drug-likeness (QED) is 0.0215. The van der Waals surface area contributed by atoms with Crippen LogP contribution in [0.3, 0.4) is 0 Å². The Hall–Kier alpha value is -1.93. The number of allylic oxidation sites excluding steroid dienone is 8. The third kappa shape index (κ3) is 40.9. The lowest BCUT2D eigenvalue weighted by Gasteiger charge is -2.40. The summed E-state index contributed by atoms with van der Waals surface area (Å²) in [6, 6.07) is -1.20. The number of unbranched alkanes of at least 4 members (excludes halogenated alkanes) is 34. The van der Waals surface area contributed by atoms with Gasteiger partial charge < -0.3 is 50.5 Å². The van der Waals surface area contributed by atoms with Crippen LogP contribution < -0.4 is 5.32 Å². The lowest BCUT2D eigenvalue weighted by atomic mass is 9.98. The van der Waals surface area contributed by atoms with E-state index in [2.05, 4.69) is 67.8 Å². The molecular formula is C64H119NO10. The van der Waals surface area contributed by atoms with E-state index in [1.807, 2.05) is 0 Å². The zero-order valence-electron chi connectivity index (χ0n) is 48.3. The van der Waals surface area contributed by atoms with Gasteiger partial charge in [0.15, 0.2) is 6.29 Å². The summed E-state index contributed by atoms with van der Waals surface area (Å²) in [6.45, 7) is 3.46. The van der Waals surface area contributed by atoms with Crippen molar-refractivity contribution in [1.29, 1.82) is 0 Å². The van der Waals surface area contributed by atoms with Gasteiger partial charge in [-0.2, -0.15) is 0 Å². The van der Waals surface area contributed by atoms with Crippen LogP contribution in [0.5, 0.6) is 0 Å². The van der Waals surface area contributed by atoms with Crippen LogP contribution in [-0.2, 0) is 14.3 Å². The van der Waals surface area contributed by atoms with Gasteiger partial charge in [0.2, 0.25) is 5.91 Å². The van der Waals surface area contributed by atoms with Gasteiger partial charge in [-0.1, -0.05) is 242 Å². The molecule has 0 saturated carbocycles. The molecule has 0 radical (unpaired) electrons. The number of amides is 1. The van der Waals surface area contributed by atoms with Gasteiger partial charge in [-0.15, -0.1) is 0 Å². The fraction of sp³-hybridized carbons (Fsp3) is 0.859. The molecule has 0 aromatic heterocycles. The molecule has 0 aromatic carbocycles. The van der Waals surface area contributed by atoms with Crippen molar-refractivity contribution < 1.29 is 50.0 Å². The topological polar surface area (TPSA) is 189 Å².